The number of rotatable bonds is 6. The molecule has 0 aliphatic heterocycles. The Morgan fingerprint density at radius 1 is 0.241 bits per heavy atom. The van der Waals surface area contributed by atoms with Crippen molar-refractivity contribution >= 4 is 350 Å². The van der Waals surface area contributed by atoms with Crippen LogP contribution < -0.4 is 141 Å². The van der Waals surface area contributed by atoms with E-state index in [-0.39, 0.29) is 181 Å². The SMILES string of the molecule is [B]c1cc2c(c([B])c1[B])-c1c([B])cc(N(c3cc([B])c(-c4c([B])c([B])c(-c5c([B])c([B])c([B])c([B])c5[B])c([B])c4[B])c([B])c3[B])c3cc([B])c([B])c(C4(C)c5ccc([B])c([B])c5-c5c4cc([B])c([B])c5[B])c3[B])c([B])c1C2(C)C. The van der Waals surface area contributed by atoms with Crippen molar-refractivity contribution in [2.24, 2.45) is 0 Å². The van der Waals surface area contributed by atoms with Gasteiger partial charge in [-0.15, -0.1) is 49.2 Å². The van der Waals surface area contributed by atoms with Crippen LogP contribution in [0.1, 0.15) is 48.6 Å². The third-order valence-electron chi connectivity index (χ3n) is 16.3. The van der Waals surface area contributed by atoms with Gasteiger partial charge in [-0.1, -0.05) is 126 Å². The zero-order valence-electron chi connectivity index (χ0n) is 43.4. The average Bonchev–Trinajstić information content (AvgIpc) is 3.90. The second-order valence-corrected chi connectivity index (χ2v) is 20.9. The monoisotopic (exact) mass is 941 g/mol. The van der Waals surface area contributed by atoms with Gasteiger partial charge in [0.1, 0.15) is 196 Å². The maximum atomic E-state index is 7.65. The van der Waals surface area contributed by atoms with Crippen LogP contribution in [-0.4, -0.2) is 196 Å². The molecule has 0 spiro atoms. The van der Waals surface area contributed by atoms with Gasteiger partial charge in [-0.3, -0.25) is 0 Å². The fraction of sp³-hybridized carbons (Fsp3) is 0.0943. The molecule has 0 aromatic heterocycles. The Morgan fingerprint density at radius 2 is 0.582 bits per heavy atom. The molecule has 2 aliphatic carbocycles. The van der Waals surface area contributed by atoms with Crippen LogP contribution in [0.15, 0.2) is 42.5 Å². The smallest absolute Gasteiger partial charge is 0.117 e. The Bertz CT molecular complexity index is 4090. The Morgan fingerprint density at radius 3 is 1.09 bits per heavy atom. The van der Waals surface area contributed by atoms with Crippen LogP contribution >= 0.6 is 0 Å². The lowest BCUT2D eigenvalue weighted by Crippen LogP contribution is -2.57. The number of fused-ring (bicyclic) bond motifs is 6. The van der Waals surface area contributed by atoms with Gasteiger partial charge in [0.05, 0.1) is 0 Å². The molecule has 1 nitrogen and oxygen atoms in total. The summed E-state index contributed by atoms with van der Waals surface area (Å²) in [7, 11) is 170. The van der Waals surface area contributed by atoms with Gasteiger partial charge in [-0.2, -0.15) is 0 Å². The summed E-state index contributed by atoms with van der Waals surface area (Å²) in [6.45, 7) is 5.76. The highest BCUT2D eigenvalue weighted by Crippen LogP contribution is 2.51. The number of hydrogen-bond donors (Lipinski definition) is 0. The van der Waals surface area contributed by atoms with Gasteiger partial charge in [0.25, 0.3) is 0 Å². The van der Waals surface area contributed by atoms with E-state index in [2.05, 4.69) is 0 Å². The lowest BCUT2D eigenvalue weighted by Gasteiger charge is -2.39. The van der Waals surface area contributed by atoms with E-state index in [1.165, 1.54) is 6.07 Å². The fourth-order valence-electron chi connectivity index (χ4n) is 12.1. The molecule has 79 heavy (non-hydrogen) atoms. The second kappa shape index (κ2) is 19.4. The topological polar surface area (TPSA) is 3.24 Å². The van der Waals surface area contributed by atoms with E-state index in [1.54, 1.807) is 41.3 Å². The quantitative estimate of drug-likeness (QED) is 0.150. The Hall–Kier alpha value is -4.82. The van der Waals surface area contributed by atoms with E-state index in [4.69, 9.17) is 196 Å². The third-order valence-corrected chi connectivity index (χ3v) is 16.3. The minimum Gasteiger partial charge on any atom is -0.312 e. The van der Waals surface area contributed by atoms with Crippen molar-refractivity contribution in [3.05, 3.63) is 70.3 Å². The van der Waals surface area contributed by atoms with Crippen molar-refractivity contribution in [3.8, 4) is 44.5 Å². The predicted molar refractivity (Wildman–Crippen MR) is 362 cm³/mol. The molecule has 50 radical (unpaired) electrons. The summed E-state index contributed by atoms with van der Waals surface area (Å²) in [6, 6.07) is 11.6. The van der Waals surface area contributed by atoms with Gasteiger partial charge in [-0.25, -0.2) is 0 Å². The highest BCUT2D eigenvalue weighted by molar-refractivity contribution is 6.72. The van der Waals surface area contributed by atoms with Crippen molar-refractivity contribution in [1.82, 2.24) is 0 Å². The van der Waals surface area contributed by atoms with Gasteiger partial charge >= 0.3 is 0 Å². The highest BCUT2D eigenvalue weighted by Gasteiger charge is 2.45. The van der Waals surface area contributed by atoms with E-state index in [0.717, 1.165) is 0 Å². The van der Waals surface area contributed by atoms with Crippen LogP contribution in [0.4, 0.5) is 17.1 Å². The minimum absolute atomic E-state index is 0.00753. The third kappa shape index (κ3) is 7.79. The molecule has 0 saturated carbocycles. The molecule has 26 heteroatoms. The van der Waals surface area contributed by atoms with Crippen LogP contribution in [0, 0.1) is 0 Å². The molecule has 1 unspecified atom stereocenters. The first-order valence-electron chi connectivity index (χ1n) is 24.2. The zero-order valence-corrected chi connectivity index (χ0v) is 43.4. The average molecular weight is 937 g/mol. The fourth-order valence-corrected chi connectivity index (χ4v) is 12.1. The van der Waals surface area contributed by atoms with Gasteiger partial charge in [0.2, 0.25) is 0 Å². The van der Waals surface area contributed by atoms with Crippen molar-refractivity contribution in [1.29, 1.82) is 0 Å². The minimum atomic E-state index is -1.34. The van der Waals surface area contributed by atoms with Crippen LogP contribution in [0.25, 0.3) is 44.5 Å². The van der Waals surface area contributed by atoms with E-state index in [9.17, 15) is 0 Å². The van der Waals surface area contributed by atoms with Crippen LogP contribution in [0.5, 0.6) is 0 Å². The summed E-state index contributed by atoms with van der Waals surface area (Å²) in [5.74, 6) is 0. The van der Waals surface area contributed by atoms with Gasteiger partial charge < -0.3 is 4.90 Å². The Labute approximate surface area is 497 Å². The van der Waals surface area contributed by atoms with E-state index in [1.807, 2.05) is 20.8 Å². The summed E-state index contributed by atoms with van der Waals surface area (Å²) >= 11 is 0. The zero-order chi connectivity index (χ0) is 58.2. The maximum Gasteiger partial charge on any atom is 0.117 e. The standard InChI is InChI=1S/C53H16B25N/c1-52(2)12-6-17(57)35(62)40(67)24(12)26-15(55)8-20(37(64)31(26)52)79(21-10-19(59)34(61)32(38(21)65)53(3)11-4-5-14(54)33(60)23(11)25-13(53)7-18(58)36(63)41(25)68)22-9-16(56)27(42(69)39(22)66)28-43(70)45(72)29(46(73)44(28)71)30-47(74)49(76)51(78)50(77)48(30)75/h4-10H,1-3H3. The number of anilines is 3. The molecule has 0 amide bonds. The lowest BCUT2D eigenvalue weighted by atomic mass is 9.55. The van der Waals surface area contributed by atoms with E-state index >= 15 is 0 Å². The Kier molecular flexibility index (Phi) is 14.1. The van der Waals surface area contributed by atoms with Crippen molar-refractivity contribution in [2.75, 3.05) is 4.90 Å². The first-order chi connectivity index (χ1) is 36.8. The van der Waals surface area contributed by atoms with Crippen LogP contribution in [0.3, 0.4) is 0 Å². The molecule has 1 atom stereocenters. The van der Waals surface area contributed by atoms with E-state index in [0.29, 0.717) is 44.5 Å². The molecule has 0 fully saturated rings. The summed E-state index contributed by atoms with van der Waals surface area (Å²) < 4.78 is 0. The maximum absolute atomic E-state index is 7.65. The first kappa shape index (κ1) is 57.4. The molecular weight excluding hydrogens is 921 g/mol. The molecule has 8 aromatic rings. The van der Waals surface area contributed by atoms with Gasteiger partial charge in [0, 0.05) is 27.9 Å². The van der Waals surface area contributed by atoms with Gasteiger partial charge in [0.15, 0.2) is 0 Å². The molecule has 0 bridgehead atoms. The van der Waals surface area contributed by atoms with E-state index < -0.39 is 10.8 Å². The number of nitrogens with zero attached hydrogens (tertiary/aromatic N) is 1. The number of hydrogen-bond acceptors (Lipinski definition) is 1. The molecule has 10 rings (SSSR count). The molecule has 2 aliphatic rings. The van der Waals surface area contributed by atoms with Gasteiger partial charge in [-0.05, 0) is 97.4 Å². The lowest BCUT2D eigenvalue weighted by molar-refractivity contribution is 0.665. The molecule has 0 saturated heterocycles. The van der Waals surface area contributed by atoms with Crippen LogP contribution in [-0.2, 0) is 10.8 Å². The summed E-state index contributed by atoms with van der Waals surface area (Å²) in [5, 5.41) is 0. The predicted octanol–water partition coefficient (Wildman–Crippen LogP) is -16.0. The normalized spacial score (nSPS) is 14.7. The van der Waals surface area contributed by atoms with Crippen molar-refractivity contribution < 1.29 is 0 Å². The summed E-state index contributed by atoms with van der Waals surface area (Å²) in [4.78, 5) is 1.61. The molecule has 308 valence electrons. The number of benzene rings is 8. The summed E-state index contributed by atoms with van der Waals surface area (Å²) in [5.41, 5.74) is 3.91. The largest absolute Gasteiger partial charge is 0.312 e. The Balaban J connectivity index is 1.30. The molecule has 8 aromatic carbocycles. The summed E-state index contributed by atoms with van der Waals surface area (Å²) in [6.07, 6.45) is 0. The highest BCUT2D eigenvalue weighted by atomic mass is 15.1. The van der Waals surface area contributed by atoms with Crippen molar-refractivity contribution in [2.45, 2.75) is 31.6 Å². The molecule has 0 N–H and O–H groups in total. The second-order valence-electron chi connectivity index (χ2n) is 20.9. The van der Waals surface area contributed by atoms with Crippen molar-refractivity contribution in [3.63, 3.8) is 0 Å². The molecular formula is C53H16B25N. The van der Waals surface area contributed by atoms with Crippen LogP contribution in [0.2, 0.25) is 0 Å². The first-order valence-corrected chi connectivity index (χ1v) is 24.2. The molecule has 0 heterocycles.